The summed E-state index contributed by atoms with van der Waals surface area (Å²) in [4.78, 5) is 0. The summed E-state index contributed by atoms with van der Waals surface area (Å²) in [6, 6.07) is 7.10. The molecule has 2 N–H and O–H groups in total. The number of nitrogens with one attached hydrogen (secondary N) is 1. The van der Waals surface area contributed by atoms with Crippen LogP contribution in [0.15, 0.2) is 34.8 Å². The first-order valence-electron chi connectivity index (χ1n) is 5.34. The zero-order valence-electron chi connectivity index (χ0n) is 9.55. The van der Waals surface area contributed by atoms with Crippen LogP contribution in [0.1, 0.15) is 5.56 Å². The van der Waals surface area contributed by atoms with Gasteiger partial charge in [-0.05, 0) is 18.2 Å². The van der Waals surface area contributed by atoms with E-state index in [-0.39, 0.29) is 23.0 Å². The van der Waals surface area contributed by atoms with Crippen molar-refractivity contribution in [1.82, 2.24) is 0 Å². The molecule has 100 valence electrons. The van der Waals surface area contributed by atoms with E-state index < -0.39 is 11.6 Å². The van der Waals surface area contributed by atoms with E-state index >= 15 is 0 Å². The molecule has 0 radical (unpaired) electrons. The van der Waals surface area contributed by atoms with Crippen LogP contribution in [0.25, 0.3) is 0 Å². The van der Waals surface area contributed by atoms with Gasteiger partial charge in [0, 0.05) is 16.6 Å². The Morgan fingerprint density at radius 1 is 1.21 bits per heavy atom. The molecule has 0 saturated carbocycles. The number of hydrogen-bond donors (Lipinski definition) is 2. The molecule has 2 nitrogen and oxygen atoms in total. The first-order valence-corrected chi connectivity index (χ1v) is 6.51. The van der Waals surface area contributed by atoms with E-state index in [2.05, 4.69) is 21.2 Å². The lowest BCUT2D eigenvalue weighted by Gasteiger charge is -2.11. The third kappa shape index (κ3) is 3.16. The minimum absolute atomic E-state index is 0.0574. The molecule has 0 aliphatic rings. The van der Waals surface area contributed by atoms with E-state index in [0.29, 0.717) is 10.0 Å². The molecule has 0 bridgehead atoms. The molecule has 2 aromatic carbocycles. The molecule has 0 fully saturated rings. The van der Waals surface area contributed by atoms with E-state index in [1.54, 1.807) is 12.1 Å². The fourth-order valence-corrected chi connectivity index (χ4v) is 2.19. The van der Waals surface area contributed by atoms with E-state index in [0.717, 1.165) is 12.1 Å². The Kier molecular flexibility index (Phi) is 4.27. The van der Waals surface area contributed by atoms with Gasteiger partial charge in [0.25, 0.3) is 0 Å². The Balaban J connectivity index is 2.22. The molecular weight excluding hydrogens is 340 g/mol. The van der Waals surface area contributed by atoms with Gasteiger partial charge in [-0.15, -0.1) is 0 Å². The predicted octanol–water partition coefficient (Wildman–Crippen LogP) is 4.70. The van der Waals surface area contributed by atoms with Gasteiger partial charge in [0.2, 0.25) is 0 Å². The molecule has 0 aromatic heterocycles. The Morgan fingerprint density at radius 2 is 1.84 bits per heavy atom. The van der Waals surface area contributed by atoms with Gasteiger partial charge in [-0.3, -0.25) is 0 Å². The van der Waals surface area contributed by atoms with Crippen LogP contribution in [-0.2, 0) is 6.54 Å². The molecule has 0 saturated heterocycles. The summed E-state index contributed by atoms with van der Waals surface area (Å²) in [5.74, 6) is -1.53. The molecule has 0 unspecified atom stereocenters. The Hall–Kier alpha value is -1.33. The summed E-state index contributed by atoms with van der Waals surface area (Å²) in [5, 5.41) is 12.5. The molecule has 19 heavy (non-hydrogen) atoms. The highest BCUT2D eigenvalue weighted by atomic mass is 79.9. The smallest absolute Gasteiger partial charge is 0.150 e. The van der Waals surface area contributed by atoms with Gasteiger partial charge in [-0.1, -0.05) is 39.7 Å². The summed E-state index contributed by atoms with van der Waals surface area (Å²) >= 11 is 8.75. The third-order valence-electron chi connectivity index (χ3n) is 2.53. The van der Waals surface area contributed by atoms with Crippen molar-refractivity contribution >= 4 is 33.2 Å². The molecule has 0 spiro atoms. The zero-order valence-corrected chi connectivity index (χ0v) is 11.9. The summed E-state index contributed by atoms with van der Waals surface area (Å²) in [5.41, 5.74) is 0.205. The lowest BCUT2D eigenvalue weighted by atomic mass is 10.2. The lowest BCUT2D eigenvalue weighted by molar-refractivity contribution is 0.469. The third-order valence-corrected chi connectivity index (χ3v) is 3.30. The SMILES string of the molecule is Oc1c(Cl)cccc1CNc1c(F)cc(Br)cc1F. The summed E-state index contributed by atoms with van der Waals surface area (Å²) in [6.07, 6.45) is 0. The van der Waals surface area contributed by atoms with Crippen LogP contribution >= 0.6 is 27.5 Å². The number of phenolic OH excluding ortho intramolecular Hbond substituents is 1. The van der Waals surface area contributed by atoms with Crippen LogP contribution < -0.4 is 5.32 Å². The molecule has 0 heterocycles. The lowest BCUT2D eigenvalue weighted by Crippen LogP contribution is -2.04. The Labute approximate surface area is 122 Å². The fourth-order valence-electron chi connectivity index (χ4n) is 1.60. The monoisotopic (exact) mass is 347 g/mol. The van der Waals surface area contributed by atoms with Gasteiger partial charge in [0.05, 0.1) is 5.02 Å². The number of anilines is 1. The maximum atomic E-state index is 13.6. The van der Waals surface area contributed by atoms with Crippen LogP contribution in [0.5, 0.6) is 5.75 Å². The van der Waals surface area contributed by atoms with Crippen molar-refractivity contribution in [3.8, 4) is 5.75 Å². The molecule has 0 amide bonds. The average molecular weight is 349 g/mol. The number of rotatable bonds is 3. The van der Waals surface area contributed by atoms with Crippen molar-refractivity contribution in [3.05, 3.63) is 57.0 Å². The Morgan fingerprint density at radius 3 is 2.47 bits per heavy atom. The van der Waals surface area contributed by atoms with Gasteiger partial charge in [-0.25, -0.2) is 8.78 Å². The van der Waals surface area contributed by atoms with Crippen molar-refractivity contribution in [2.75, 3.05) is 5.32 Å². The fraction of sp³-hybridized carbons (Fsp3) is 0.0769. The second kappa shape index (κ2) is 5.75. The largest absolute Gasteiger partial charge is 0.506 e. The van der Waals surface area contributed by atoms with Gasteiger partial charge in [0.15, 0.2) is 0 Å². The van der Waals surface area contributed by atoms with Gasteiger partial charge in [-0.2, -0.15) is 0 Å². The zero-order chi connectivity index (χ0) is 14.0. The summed E-state index contributed by atoms with van der Waals surface area (Å²) < 4.78 is 27.5. The number of para-hydroxylation sites is 1. The molecule has 0 aliphatic carbocycles. The van der Waals surface area contributed by atoms with Crippen LogP contribution in [-0.4, -0.2) is 5.11 Å². The van der Waals surface area contributed by atoms with Crippen LogP contribution in [0, 0.1) is 11.6 Å². The highest BCUT2D eigenvalue weighted by molar-refractivity contribution is 9.10. The number of phenols is 1. The van der Waals surface area contributed by atoms with Gasteiger partial charge < -0.3 is 10.4 Å². The quantitative estimate of drug-likeness (QED) is 0.843. The summed E-state index contributed by atoms with van der Waals surface area (Å²) in [6.45, 7) is 0.0574. The second-order valence-corrected chi connectivity index (χ2v) is 5.17. The highest BCUT2D eigenvalue weighted by Gasteiger charge is 2.11. The maximum absolute atomic E-state index is 13.6. The Bertz CT molecular complexity index is 599. The highest BCUT2D eigenvalue weighted by Crippen LogP contribution is 2.29. The number of aromatic hydroxyl groups is 1. The molecule has 2 aromatic rings. The standard InChI is InChI=1S/C13H9BrClF2NO/c14-8-4-10(16)12(11(17)5-8)18-6-7-2-1-3-9(15)13(7)19/h1-5,18-19H,6H2. The van der Waals surface area contributed by atoms with Crippen molar-refractivity contribution in [3.63, 3.8) is 0 Å². The van der Waals surface area contributed by atoms with E-state index in [4.69, 9.17) is 11.6 Å². The second-order valence-electron chi connectivity index (χ2n) is 3.85. The van der Waals surface area contributed by atoms with Crippen molar-refractivity contribution in [2.24, 2.45) is 0 Å². The first kappa shape index (κ1) is 14.1. The number of hydrogen-bond acceptors (Lipinski definition) is 2. The topological polar surface area (TPSA) is 32.3 Å². The average Bonchev–Trinajstić information content (AvgIpc) is 2.33. The predicted molar refractivity (Wildman–Crippen MR) is 74.5 cm³/mol. The molecular formula is C13H9BrClF2NO. The molecule has 0 aliphatic heterocycles. The first-order chi connectivity index (χ1) is 8.99. The normalized spacial score (nSPS) is 10.5. The van der Waals surface area contributed by atoms with E-state index in [9.17, 15) is 13.9 Å². The molecule has 2 rings (SSSR count). The molecule has 6 heteroatoms. The molecule has 0 atom stereocenters. The maximum Gasteiger partial charge on any atom is 0.150 e. The van der Waals surface area contributed by atoms with Gasteiger partial charge in [0.1, 0.15) is 23.1 Å². The van der Waals surface area contributed by atoms with Crippen molar-refractivity contribution < 1.29 is 13.9 Å². The number of halogens is 4. The minimum Gasteiger partial charge on any atom is -0.506 e. The van der Waals surface area contributed by atoms with E-state index in [1.807, 2.05) is 0 Å². The van der Waals surface area contributed by atoms with Crippen LogP contribution in [0.3, 0.4) is 0 Å². The summed E-state index contributed by atoms with van der Waals surface area (Å²) in [7, 11) is 0. The van der Waals surface area contributed by atoms with Crippen LogP contribution in [0.2, 0.25) is 5.02 Å². The minimum atomic E-state index is -0.714. The van der Waals surface area contributed by atoms with Crippen molar-refractivity contribution in [2.45, 2.75) is 6.54 Å². The van der Waals surface area contributed by atoms with Gasteiger partial charge >= 0.3 is 0 Å². The van der Waals surface area contributed by atoms with E-state index in [1.165, 1.54) is 6.07 Å². The van der Waals surface area contributed by atoms with Crippen LogP contribution in [0.4, 0.5) is 14.5 Å². The van der Waals surface area contributed by atoms with Crippen molar-refractivity contribution in [1.29, 1.82) is 0 Å². The number of benzene rings is 2.